The van der Waals surface area contributed by atoms with E-state index in [0.29, 0.717) is 0 Å². The van der Waals surface area contributed by atoms with Crippen molar-refractivity contribution in [3.05, 3.63) is 88.9 Å². The maximum atomic E-state index is 8.06. The minimum Gasteiger partial charge on any atom is -0.682 e. The third-order valence-electron chi connectivity index (χ3n) is 3.78. The van der Waals surface area contributed by atoms with E-state index in [2.05, 4.69) is 68.5 Å². The first-order valence-corrected chi connectivity index (χ1v) is 9.51. The van der Waals surface area contributed by atoms with E-state index in [0.717, 1.165) is 11.4 Å². The molecule has 28 heavy (non-hydrogen) atoms. The molecule has 0 aliphatic rings. The Morgan fingerprint density at radius 2 is 1.29 bits per heavy atom. The third-order valence-corrected chi connectivity index (χ3v) is 3.78. The Kier molecular flexibility index (Phi) is 13.4. The van der Waals surface area contributed by atoms with E-state index >= 15 is 0 Å². The fourth-order valence-electron chi connectivity index (χ4n) is 2.60. The molecule has 0 saturated heterocycles. The molecule has 4 heteroatoms. The van der Waals surface area contributed by atoms with Gasteiger partial charge < -0.3 is 10.4 Å². The van der Waals surface area contributed by atoms with Crippen LogP contribution in [-0.2, 0) is 19.5 Å². The van der Waals surface area contributed by atoms with Crippen molar-refractivity contribution in [3.63, 3.8) is 0 Å². The number of hydrogen-bond donors (Lipinski definition) is 1. The molecule has 2 aromatic carbocycles. The summed E-state index contributed by atoms with van der Waals surface area (Å²) in [6.45, 7) is 11.7. The van der Waals surface area contributed by atoms with E-state index < -0.39 is 0 Å². The number of benzene rings is 2. The van der Waals surface area contributed by atoms with Gasteiger partial charge in [-0.2, -0.15) is 5.70 Å². The van der Waals surface area contributed by atoms with Crippen LogP contribution in [0.15, 0.2) is 77.4 Å². The molecule has 0 bridgehead atoms. The van der Waals surface area contributed by atoms with Crippen molar-refractivity contribution in [2.75, 3.05) is 0 Å². The Bertz CT molecular complexity index is 709. The number of rotatable bonds is 6. The van der Waals surface area contributed by atoms with Crippen molar-refractivity contribution in [2.45, 2.75) is 59.7 Å². The number of hydrogen-bond acceptors (Lipinski definition) is 2. The Morgan fingerprint density at radius 1 is 0.857 bits per heavy atom. The molecule has 0 aromatic heterocycles. The largest absolute Gasteiger partial charge is 0.682 e. The first-order chi connectivity index (χ1) is 12.8. The molecule has 2 rings (SSSR count). The van der Waals surface area contributed by atoms with Gasteiger partial charge in [-0.15, -0.1) is 0 Å². The van der Waals surface area contributed by atoms with Crippen LogP contribution in [0.2, 0.25) is 0 Å². The van der Waals surface area contributed by atoms with Crippen molar-refractivity contribution in [1.82, 2.24) is 0 Å². The summed E-state index contributed by atoms with van der Waals surface area (Å²) in [5, 5.41) is 12.8. The minimum atomic E-state index is -0.167. The monoisotopic (exact) mass is 429 g/mol. The molecule has 1 N–H and O–H groups in total. The zero-order valence-electron chi connectivity index (χ0n) is 18.1. The molecule has 0 fully saturated rings. The summed E-state index contributed by atoms with van der Waals surface area (Å²) in [6.07, 6.45) is 1.89. The van der Waals surface area contributed by atoms with Gasteiger partial charge in [-0.25, -0.2) is 0 Å². The molecule has 3 nitrogen and oxygen atoms in total. The zero-order chi connectivity index (χ0) is 20.2. The number of nitrogens with zero attached hydrogens (tertiary/aromatic N) is 2. The molecule has 0 aliphatic carbocycles. The van der Waals surface area contributed by atoms with Crippen LogP contribution in [0.1, 0.15) is 64.8 Å². The van der Waals surface area contributed by atoms with Gasteiger partial charge >= 0.3 is 0 Å². The summed E-state index contributed by atoms with van der Waals surface area (Å²) < 4.78 is 0. The molecule has 2 aromatic rings. The second kappa shape index (κ2) is 14.3. The van der Waals surface area contributed by atoms with Gasteiger partial charge in [0.25, 0.3) is 0 Å². The van der Waals surface area contributed by atoms with Crippen molar-refractivity contribution in [2.24, 2.45) is 4.99 Å². The maximum Gasteiger partial charge on any atom is 0.0723 e. The van der Waals surface area contributed by atoms with Crippen LogP contribution < -0.4 is 0 Å². The van der Waals surface area contributed by atoms with Crippen molar-refractivity contribution >= 4 is 5.71 Å². The predicted octanol–water partition coefficient (Wildman–Crippen LogP) is 6.63. The summed E-state index contributed by atoms with van der Waals surface area (Å²) in [6, 6.07) is 21.0. The SMILES string of the molecule is CC(/C=C(/C)[N-]C(C)c1ccccc1)=NC(C)c1ccccc1.CC(C)O.[Zn]. The van der Waals surface area contributed by atoms with Gasteiger partial charge in [0.05, 0.1) is 6.04 Å². The number of aliphatic hydroxyl groups excluding tert-OH is 1. The Morgan fingerprint density at radius 3 is 1.75 bits per heavy atom. The van der Waals surface area contributed by atoms with Gasteiger partial charge in [0.1, 0.15) is 0 Å². The average molecular weight is 431 g/mol. The average Bonchev–Trinajstić information content (AvgIpc) is 2.62. The molecule has 0 spiro atoms. The van der Waals surface area contributed by atoms with E-state index in [1.165, 1.54) is 11.1 Å². The van der Waals surface area contributed by atoms with Gasteiger partial charge in [0.2, 0.25) is 0 Å². The Labute approximate surface area is 183 Å². The zero-order valence-corrected chi connectivity index (χ0v) is 21.1. The van der Waals surface area contributed by atoms with Crippen molar-refractivity contribution in [1.29, 1.82) is 0 Å². The fraction of sp³-hybridized carbons (Fsp3) is 0.375. The number of allylic oxidation sites excluding steroid dienone is 2. The molecule has 0 amide bonds. The Hall–Kier alpha value is -1.77. The van der Waals surface area contributed by atoms with Gasteiger partial charge in [-0.1, -0.05) is 92.2 Å². The molecule has 0 heterocycles. The van der Waals surface area contributed by atoms with E-state index in [-0.39, 0.29) is 37.7 Å². The second-order valence-corrected chi connectivity index (χ2v) is 6.95. The smallest absolute Gasteiger partial charge is 0.0723 e. The summed E-state index contributed by atoms with van der Waals surface area (Å²) >= 11 is 0. The molecule has 0 radical (unpaired) electrons. The summed E-state index contributed by atoms with van der Waals surface area (Å²) in [7, 11) is 0. The number of aliphatic imine (C=N–C) groups is 1. The molecular weight excluding hydrogens is 398 g/mol. The predicted molar refractivity (Wildman–Crippen MR) is 117 cm³/mol. The first kappa shape index (κ1) is 26.2. The van der Waals surface area contributed by atoms with Crippen LogP contribution in [0.4, 0.5) is 0 Å². The molecule has 148 valence electrons. The van der Waals surface area contributed by atoms with E-state index in [4.69, 9.17) is 15.4 Å². The Balaban J connectivity index is 0.00000133. The molecule has 0 saturated carbocycles. The fourth-order valence-corrected chi connectivity index (χ4v) is 2.60. The van der Waals surface area contributed by atoms with Crippen LogP contribution in [0.25, 0.3) is 5.32 Å². The van der Waals surface area contributed by atoms with Crippen LogP contribution in [-0.4, -0.2) is 16.9 Å². The van der Waals surface area contributed by atoms with Gasteiger partial charge in [0.15, 0.2) is 0 Å². The van der Waals surface area contributed by atoms with Crippen LogP contribution >= 0.6 is 0 Å². The normalized spacial score (nSPS) is 13.7. The number of aliphatic hydroxyl groups is 1. The second-order valence-electron chi connectivity index (χ2n) is 6.95. The van der Waals surface area contributed by atoms with Crippen LogP contribution in [0, 0.1) is 0 Å². The molecule has 2 unspecified atom stereocenters. The summed E-state index contributed by atoms with van der Waals surface area (Å²) in [4.78, 5) is 4.75. The van der Waals surface area contributed by atoms with E-state index in [1.54, 1.807) is 13.8 Å². The third kappa shape index (κ3) is 11.2. The van der Waals surface area contributed by atoms with Gasteiger partial charge in [-0.3, -0.25) is 4.99 Å². The quantitative estimate of drug-likeness (QED) is 0.405. The molecular formula is C24H33N2OZn-. The topological polar surface area (TPSA) is 46.7 Å². The minimum absolute atomic E-state index is 0. The van der Waals surface area contributed by atoms with E-state index in [9.17, 15) is 0 Å². The van der Waals surface area contributed by atoms with E-state index in [1.807, 2.05) is 26.0 Å². The van der Waals surface area contributed by atoms with Crippen molar-refractivity contribution in [3.8, 4) is 0 Å². The standard InChI is InChI=1S/C21H25N2.C3H8O.Zn/c1-16(22-18(3)20-11-7-5-8-12-20)15-17(2)23-19(4)21-13-9-6-10-14-21;1-3(2)4;/h5-15,18-19H,1-4H3;3-4H,1-2H3;/q-1;;/b16-15-,23-17?;;. The summed E-state index contributed by atoms with van der Waals surface area (Å²) in [5.41, 5.74) is 4.46. The van der Waals surface area contributed by atoms with Gasteiger partial charge in [0, 0.05) is 31.3 Å². The first-order valence-electron chi connectivity index (χ1n) is 9.51. The van der Waals surface area contributed by atoms with Crippen LogP contribution in [0.3, 0.4) is 0 Å². The maximum absolute atomic E-state index is 8.06. The molecule has 2 atom stereocenters. The molecule has 0 aliphatic heterocycles. The van der Waals surface area contributed by atoms with Gasteiger partial charge in [-0.05, 0) is 33.3 Å². The van der Waals surface area contributed by atoms with Crippen molar-refractivity contribution < 1.29 is 24.6 Å². The summed E-state index contributed by atoms with van der Waals surface area (Å²) in [5.74, 6) is 0. The van der Waals surface area contributed by atoms with Crippen LogP contribution in [0.5, 0.6) is 0 Å².